The molecule has 0 aliphatic rings. The average molecular weight is 223 g/mol. The summed E-state index contributed by atoms with van der Waals surface area (Å²) in [6, 6.07) is 0. The van der Waals surface area contributed by atoms with Gasteiger partial charge in [-0.3, -0.25) is 9.48 Å². The molecule has 0 saturated heterocycles. The molecule has 0 fully saturated rings. The minimum atomic E-state index is -0.621. The topological polar surface area (TPSA) is 99.8 Å². The Kier molecular flexibility index (Phi) is 2.38. The van der Waals surface area contributed by atoms with Crippen molar-refractivity contribution in [2.45, 2.75) is 6.54 Å². The van der Waals surface area contributed by atoms with Gasteiger partial charge in [-0.05, 0) is 0 Å². The molecule has 0 radical (unpaired) electrons. The van der Waals surface area contributed by atoms with E-state index in [0.717, 1.165) is 5.69 Å². The van der Waals surface area contributed by atoms with Gasteiger partial charge in [0.25, 0.3) is 5.91 Å². The van der Waals surface area contributed by atoms with Crippen LogP contribution in [0.1, 0.15) is 16.2 Å². The monoisotopic (exact) mass is 223 g/mol. The lowest BCUT2D eigenvalue weighted by molar-refractivity contribution is 0.0995. The van der Waals surface area contributed by atoms with Crippen LogP contribution in [0.4, 0.5) is 5.69 Å². The van der Waals surface area contributed by atoms with Crippen LogP contribution in [0.2, 0.25) is 0 Å². The number of anilines is 1. The fraction of sp³-hybridized carbons (Fsp3) is 0.125. The quantitative estimate of drug-likeness (QED) is 0.768. The number of nitrogens with two attached hydrogens (primary N) is 2. The van der Waals surface area contributed by atoms with E-state index in [4.69, 9.17) is 11.5 Å². The van der Waals surface area contributed by atoms with Crippen LogP contribution in [0, 0.1) is 0 Å². The Bertz CT molecular complexity index is 475. The molecule has 0 aliphatic heterocycles. The Hall–Kier alpha value is -1.89. The second-order valence-electron chi connectivity index (χ2n) is 2.97. The summed E-state index contributed by atoms with van der Waals surface area (Å²) in [6.07, 6.45) is 1.57. The summed E-state index contributed by atoms with van der Waals surface area (Å²) < 4.78 is 1.55. The maximum atomic E-state index is 10.9. The van der Waals surface area contributed by atoms with Crippen molar-refractivity contribution in [2.75, 3.05) is 5.73 Å². The van der Waals surface area contributed by atoms with Crippen molar-refractivity contribution in [3.63, 3.8) is 0 Å². The molecule has 78 valence electrons. The Morgan fingerprint density at radius 3 is 2.93 bits per heavy atom. The molecule has 2 heterocycles. The van der Waals surface area contributed by atoms with Crippen molar-refractivity contribution >= 4 is 22.9 Å². The van der Waals surface area contributed by atoms with Gasteiger partial charge in [0.2, 0.25) is 0 Å². The zero-order chi connectivity index (χ0) is 10.8. The molecule has 0 bridgehead atoms. The minimum absolute atomic E-state index is 0.102. The molecule has 1 amide bonds. The van der Waals surface area contributed by atoms with Gasteiger partial charge in [-0.2, -0.15) is 5.10 Å². The second-order valence-corrected chi connectivity index (χ2v) is 3.69. The van der Waals surface area contributed by atoms with E-state index in [-0.39, 0.29) is 11.4 Å². The predicted octanol–water partition coefficient (Wildman–Crippen LogP) is 0.0690. The van der Waals surface area contributed by atoms with E-state index >= 15 is 0 Å². The van der Waals surface area contributed by atoms with Crippen LogP contribution in [-0.4, -0.2) is 20.7 Å². The molecule has 0 spiro atoms. The molecule has 0 aromatic carbocycles. The smallest absolute Gasteiger partial charge is 0.271 e. The minimum Gasteiger partial charge on any atom is -0.396 e. The number of carbonyl (C=O) groups excluding carboxylic acids is 1. The summed E-state index contributed by atoms with van der Waals surface area (Å²) in [5, 5.41) is 5.87. The van der Waals surface area contributed by atoms with Gasteiger partial charge in [0.15, 0.2) is 5.69 Å². The molecule has 7 heteroatoms. The van der Waals surface area contributed by atoms with Crippen LogP contribution < -0.4 is 11.5 Å². The number of primary amides is 1. The maximum Gasteiger partial charge on any atom is 0.271 e. The van der Waals surface area contributed by atoms with Gasteiger partial charge in [0.05, 0.1) is 23.4 Å². The number of carbonyl (C=O) groups is 1. The third kappa shape index (κ3) is 1.96. The Balaban J connectivity index is 2.23. The molecule has 0 saturated carbocycles. The zero-order valence-corrected chi connectivity index (χ0v) is 8.57. The van der Waals surface area contributed by atoms with Gasteiger partial charge in [-0.25, -0.2) is 4.98 Å². The fourth-order valence-corrected chi connectivity index (χ4v) is 1.74. The molecule has 15 heavy (non-hydrogen) atoms. The van der Waals surface area contributed by atoms with Crippen LogP contribution in [0.3, 0.4) is 0 Å². The lowest BCUT2D eigenvalue weighted by Crippen LogP contribution is -2.14. The second kappa shape index (κ2) is 3.70. The molecule has 2 aromatic rings. The number of aromatic nitrogens is 3. The molecule has 6 nitrogen and oxygen atoms in total. The third-order valence-electron chi connectivity index (χ3n) is 1.83. The van der Waals surface area contributed by atoms with E-state index < -0.39 is 5.91 Å². The summed E-state index contributed by atoms with van der Waals surface area (Å²) in [5.41, 5.74) is 13.7. The number of hydrogen-bond acceptors (Lipinski definition) is 5. The van der Waals surface area contributed by atoms with Crippen molar-refractivity contribution in [1.29, 1.82) is 0 Å². The highest BCUT2D eigenvalue weighted by atomic mass is 32.1. The van der Waals surface area contributed by atoms with Crippen molar-refractivity contribution in [3.8, 4) is 0 Å². The first-order chi connectivity index (χ1) is 7.16. The first kappa shape index (κ1) is 9.66. The van der Waals surface area contributed by atoms with E-state index in [2.05, 4.69) is 10.1 Å². The maximum absolute atomic E-state index is 10.9. The summed E-state index contributed by atoms with van der Waals surface area (Å²) in [4.78, 5) is 15.0. The van der Waals surface area contributed by atoms with Crippen molar-refractivity contribution in [2.24, 2.45) is 5.73 Å². The first-order valence-electron chi connectivity index (χ1n) is 4.16. The van der Waals surface area contributed by atoms with Crippen LogP contribution in [0.15, 0.2) is 17.1 Å². The molecule has 0 unspecified atom stereocenters. The van der Waals surface area contributed by atoms with E-state index in [9.17, 15) is 4.79 Å². The normalized spacial score (nSPS) is 10.4. The third-order valence-corrected chi connectivity index (χ3v) is 2.47. The molecule has 2 aromatic heterocycles. The largest absolute Gasteiger partial charge is 0.396 e. The van der Waals surface area contributed by atoms with Crippen LogP contribution in [0.25, 0.3) is 0 Å². The number of hydrogen-bond donors (Lipinski definition) is 2. The van der Waals surface area contributed by atoms with Crippen molar-refractivity contribution in [1.82, 2.24) is 14.8 Å². The van der Waals surface area contributed by atoms with E-state index in [0.29, 0.717) is 6.54 Å². The van der Waals surface area contributed by atoms with E-state index in [1.807, 2.05) is 5.38 Å². The summed E-state index contributed by atoms with van der Waals surface area (Å²) in [5.74, 6) is -0.621. The van der Waals surface area contributed by atoms with Gasteiger partial charge in [0, 0.05) is 11.6 Å². The highest BCUT2D eigenvalue weighted by Crippen LogP contribution is 2.10. The predicted molar refractivity (Wildman–Crippen MR) is 56.4 cm³/mol. The molecular formula is C8H9N5OS. The van der Waals surface area contributed by atoms with Gasteiger partial charge in [0.1, 0.15) is 0 Å². The molecule has 0 aliphatic carbocycles. The Morgan fingerprint density at radius 2 is 2.40 bits per heavy atom. The number of amides is 1. The first-order valence-corrected chi connectivity index (χ1v) is 5.11. The summed E-state index contributed by atoms with van der Waals surface area (Å²) >= 11 is 1.50. The number of nitrogens with zero attached hydrogens (tertiary/aromatic N) is 3. The van der Waals surface area contributed by atoms with Gasteiger partial charge in [-0.1, -0.05) is 0 Å². The van der Waals surface area contributed by atoms with Crippen molar-refractivity contribution < 1.29 is 4.79 Å². The number of rotatable bonds is 3. The number of nitrogen functional groups attached to an aromatic ring is 1. The average Bonchev–Trinajstić information content (AvgIpc) is 2.75. The van der Waals surface area contributed by atoms with E-state index in [1.54, 1.807) is 16.4 Å². The van der Waals surface area contributed by atoms with Crippen LogP contribution in [-0.2, 0) is 6.54 Å². The van der Waals surface area contributed by atoms with Crippen LogP contribution >= 0.6 is 11.3 Å². The lowest BCUT2D eigenvalue weighted by atomic mass is 10.4. The van der Waals surface area contributed by atoms with Crippen LogP contribution in [0.5, 0.6) is 0 Å². The van der Waals surface area contributed by atoms with Gasteiger partial charge >= 0.3 is 0 Å². The Labute approximate surface area is 89.5 Å². The zero-order valence-electron chi connectivity index (χ0n) is 7.75. The van der Waals surface area contributed by atoms with Crippen molar-refractivity contribution in [3.05, 3.63) is 28.5 Å². The SMILES string of the molecule is NC(=O)c1nn(Cc2cscn2)cc1N. The summed E-state index contributed by atoms with van der Waals surface area (Å²) in [6.45, 7) is 0.487. The fourth-order valence-electron chi connectivity index (χ4n) is 1.19. The lowest BCUT2D eigenvalue weighted by Gasteiger charge is -1.95. The highest BCUT2D eigenvalue weighted by molar-refractivity contribution is 7.07. The number of thiazole rings is 1. The van der Waals surface area contributed by atoms with Gasteiger partial charge < -0.3 is 11.5 Å². The van der Waals surface area contributed by atoms with Gasteiger partial charge in [-0.15, -0.1) is 11.3 Å². The highest BCUT2D eigenvalue weighted by Gasteiger charge is 2.11. The summed E-state index contributed by atoms with van der Waals surface area (Å²) in [7, 11) is 0. The Morgan fingerprint density at radius 1 is 1.60 bits per heavy atom. The van der Waals surface area contributed by atoms with E-state index in [1.165, 1.54) is 11.3 Å². The molecular weight excluding hydrogens is 214 g/mol. The standard InChI is InChI=1S/C8H9N5OS/c9-6-2-13(12-7(6)8(10)14)1-5-3-15-4-11-5/h2-4H,1,9H2,(H2,10,14). The molecule has 2 rings (SSSR count). The molecule has 4 N–H and O–H groups in total. The molecule has 0 atom stereocenters.